The average molecular weight is 347 g/mol. The number of carbonyl (C=O) groups is 1. The van der Waals surface area contributed by atoms with Gasteiger partial charge in [0.1, 0.15) is 5.56 Å². The molecule has 6 nitrogen and oxygen atoms in total. The molecule has 2 N–H and O–H groups in total. The predicted octanol–water partition coefficient (Wildman–Crippen LogP) is 1.64. The average Bonchev–Trinajstić information content (AvgIpc) is 3.22. The molecule has 3 rings (SSSR count). The van der Waals surface area contributed by atoms with Crippen LogP contribution in [0.4, 0.5) is 0 Å². The van der Waals surface area contributed by atoms with Gasteiger partial charge in [0.15, 0.2) is 0 Å². The Labute approximate surface area is 139 Å². The van der Waals surface area contributed by atoms with Gasteiger partial charge in [-0.25, -0.2) is 4.79 Å². The zero-order valence-electron chi connectivity index (χ0n) is 11.9. The van der Waals surface area contributed by atoms with Crippen LogP contribution in [0.5, 0.6) is 0 Å². The number of rotatable bonds is 5. The van der Waals surface area contributed by atoms with Crippen molar-refractivity contribution in [3.05, 3.63) is 77.4 Å². The molecule has 0 saturated carbocycles. The van der Waals surface area contributed by atoms with Crippen molar-refractivity contribution in [3.8, 4) is 0 Å². The van der Waals surface area contributed by atoms with Gasteiger partial charge in [-0.1, -0.05) is 12.1 Å². The summed E-state index contributed by atoms with van der Waals surface area (Å²) in [5.74, 6) is -0.500. The molecular formula is C15H13N3O3S2. The molecule has 0 aromatic carbocycles. The summed E-state index contributed by atoms with van der Waals surface area (Å²) in [5.41, 5.74) is -1.19. The largest absolute Gasteiger partial charge is 0.347 e. The lowest BCUT2D eigenvalue weighted by atomic mass is 10.3. The summed E-state index contributed by atoms with van der Waals surface area (Å²) in [6, 6.07) is 7.46. The Balaban J connectivity index is 1.83. The predicted molar refractivity (Wildman–Crippen MR) is 90.2 cm³/mol. The van der Waals surface area contributed by atoms with Gasteiger partial charge in [0.2, 0.25) is 0 Å². The number of aromatic nitrogens is 2. The molecule has 0 unspecified atom stereocenters. The molecule has 3 heterocycles. The number of aromatic amines is 1. The van der Waals surface area contributed by atoms with Crippen LogP contribution in [0.25, 0.3) is 0 Å². The summed E-state index contributed by atoms with van der Waals surface area (Å²) in [6.45, 7) is 0.498. The summed E-state index contributed by atoms with van der Waals surface area (Å²) in [5, 5.41) is 6.47. The minimum absolute atomic E-state index is 0.0716. The second-order valence-electron chi connectivity index (χ2n) is 4.74. The highest BCUT2D eigenvalue weighted by Crippen LogP contribution is 2.09. The molecule has 1 amide bonds. The number of hydrogen-bond donors (Lipinski definition) is 2. The third kappa shape index (κ3) is 3.49. The van der Waals surface area contributed by atoms with Crippen molar-refractivity contribution >= 4 is 28.6 Å². The summed E-state index contributed by atoms with van der Waals surface area (Å²) < 4.78 is 1.03. The van der Waals surface area contributed by atoms with Gasteiger partial charge >= 0.3 is 5.69 Å². The van der Waals surface area contributed by atoms with Crippen molar-refractivity contribution in [2.45, 2.75) is 13.1 Å². The second kappa shape index (κ2) is 6.76. The number of hydrogen-bond acceptors (Lipinski definition) is 5. The smallest absolute Gasteiger partial charge is 0.328 e. The molecule has 0 aliphatic carbocycles. The molecule has 3 aromatic rings. The minimum atomic E-state index is -0.592. The Kier molecular flexibility index (Phi) is 4.54. The van der Waals surface area contributed by atoms with E-state index < -0.39 is 17.2 Å². The number of H-pyrrole nitrogens is 1. The second-order valence-corrected chi connectivity index (χ2v) is 6.80. The van der Waals surface area contributed by atoms with E-state index in [1.54, 1.807) is 0 Å². The van der Waals surface area contributed by atoms with Crippen molar-refractivity contribution in [1.29, 1.82) is 0 Å². The molecule has 0 saturated heterocycles. The van der Waals surface area contributed by atoms with Crippen molar-refractivity contribution in [3.63, 3.8) is 0 Å². The van der Waals surface area contributed by atoms with Gasteiger partial charge in [0.25, 0.3) is 11.5 Å². The first-order valence-electron chi connectivity index (χ1n) is 6.80. The third-order valence-corrected chi connectivity index (χ3v) is 4.94. The van der Waals surface area contributed by atoms with Crippen LogP contribution < -0.4 is 16.6 Å². The van der Waals surface area contributed by atoms with Crippen LogP contribution in [-0.2, 0) is 13.1 Å². The fourth-order valence-electron chi connectivity index (χ4n) is 2.05. The maximum absolute atomic E-state index is 12.4. The fourth-order valence-corrected chi connectivity index (χ4v) is 3.39. The highest BCUT2D eigenvalue weighted by molar-refractivity contribution is 7.10. The van der Waals surface area contributed by atoms with Crippen LogP contribution in [0.3, 0.4) is 0 Å². The van der Waals surface area contributed by atoms with Crippen molar-refractivity contribution in [1.82, 2.24) is 14.9 Å². The number of carbonyl (C=O) groups excluding carboxylic acids is 1. The first kappa shape index (κ1) is 15.4. The molecule has 0 bridgehead atoms. The lowest BCUT2D eigenvalue weighted by Gasteiger charge is -2.06. The van der Waals surface area contributed by atoms with Crippen LogP contribution in [0.1, 0.15) is 20.1 Å². The number of nitrogens with zero attached hydrogens (tertiary/aromatic N) is 1. The van der Waals surface area contributed by atoms with Gasteiger partial charge in [0.05, 0.1) is 13.1 Å². The van der Waals surface area contributed by atoms with E-state index in [2.05, 4.69) is 10.3 Å². The highest BCUT2D eigenvalue weighted by Gasteiger charge is 2.15. The zero-order valence-corrected chi connectivity index (χ0v) is 13.6. The van der Waals surface area contributed by atoms with E-state index >= 15 is 0 Å². The van der Waals surface area contributed by atoms with Crippen molar-refractivity contribution < 1.29 is 4.79 Å². The van der Waals surface area contributed by atoms with E-state index in [1.807, 2.05) is 35.0 Å². The highest BCUT2D eigenvalue weighted by atomic mass is 32.1. The molecule has 23 heavy (non-hydrogen) atoms. The van der Waals surface area contributed by atoms with Crippen molar-refractivity contribution in [2.24, 2.45) is 0 Å². The Hall–Kier alpha value is -2.45. The summed E-state index contributed by atoms with van der Waals surface area (Å²) >= 11 is 2.96. The first-order chi connectivity index (χ1) is 11.1. The fraction of sp³-hybridized carbons (Fsp3) is 0.133. The molecule has 0 aliphatic heterocycles. The first-order valence-corrected chi connectivity index (χ1v) is 8.56. The van der Waals surface area contributed by atoms with E-state index in [4.69, 9.17) is 0 Å². The normalized spacial score (nSPS) is 10.6. The lowest BCUT2D eigenvalue weighted by molar-refractivity contribution is 0.0948. The Bertz CT molecular complexity index is 908. The minimum Gasteiger partial charge on any atom is -0.347 e. The Morgan fingerprint density at radius 2 is 1.83 bits per heavy atom. The quantitative estimate of drug-likeness (QED) is 0.736. The lowest BCUT2D eigenvalue weighted by Crippen LogP contribution is -2.40. The van der Waals surface area contributed by atoms with Gasteiger partial charge in [-0.05, 0) is 22.9 Å². The molecule has 8 heteroatoms. The Morgan fingerprint density at radius 3 is 2.48 bits per heavy atom. The third-order valence-electron chi connectivity index (χ3n) is 3.20. The van der Waals surface area contributed by atoms with Gasteiger partial charge in [-0.2, -0.15) is 0 Å². The van der Waals surface area contributed by atoms with Crippen LogP contribution in [0.15, 0.2) is 50.8 Å². The number of amides is 1. The van der Waals surface area contributed by atoms with Crippen molar-refractivity contribution in [2.75, 3.05) is 0 Å². The van der Waals surface area contributed by atoms with Crippen LogP contribution in [0.2, 0.25) is 0 Å². The zero-order chi connectivity index (χ0) is 16.2. The molecule has 0 fully saturated rings. The van der Waals surface area contributed by atoms with Crippen LogP contribution in [-0.4, -0.2) is 15.5 Å². The SMILES string of the molecule is O=C(NCc1cccs1)c1c[nH]c(=O)n(Cc2cccs2)c1=O. The molecule has 0 atom stereocenters. The molecule has 0 spiro atoms. The maximum Gasteiger partial charge on any atom is 0.328 e. The van der Waals surface area contributed by atoms with Crippen LogP contribution >= 0.6 is 22.7 Å². The van der Waals surface area contributed by atoms with Gasteiger partial charge in [-0.3, -0.25) is 14.2 Å². The molecule has 118 valence electrons. The molecule has 0 aliphatic rings. The molecular weight excluding hydrogens is 334 g/mol. The monoisotopic (exact) mass is 347 g/mol. The van der Waals surface area contributed by atoms with Gasteiger partial charge in [0, 0.05) is 16.0 Å². The summed E-state index contributed by atoms with van der Waals surface area (Å²) in [7, 11) is 0. The standard InChI is InChI=1S/C15H13N3O3S2/c19-13(16-7-10-3-1-5-22-10)12-8-17-15(21)18(14(12)20)9-11-4-2-6-23-11/h1-6,8H,7,9H2,(H,16,19)(H,17,21). The topological polar surface area (TPSA) is 84.0 Å². The number of thiophene rings is 2. The molecule has 0 radical (unpaired) electrons. The maximum atomic E-state index is 12.4. The van der Waals surface area contributed by atoms with E-state index in [-0.39, 0.29) is 12.1 Å². The van der Waals surface area contributed by atoms with Crippen LogP contribution in [0, 0.1) is 0 Å². The molecule has 3 aromatic heterocycles. The van der Waals surface area contributed by atoms with E-state index in [1.165, 1.54) is 28.9 Å². The van der Waals surface area contributed by atoms with E-state index in [9.17, 15) is 14.4 Å². The number of nitrogens with one attached hydrogen (secondary N) is 2. The van der Waals surface area contributed by atoms with Gasteiger partial charge < -0.3 is 10.3 Å². The van der Waals surface area contributed by atoms with Gasteiger partial charge in [-0.15, -0.1) is 22.7 Å². The summed E-state index contributed by atoms with van der Waals surface area (Å²) in [6.07, 6.45) is 1.17. The Morgan fingerprint density at radius 1 is 1.13 bits per heavy atom. The van der Waals surface area contributed by atoms with E-state index in [0.29, 0.717) is 6.54 Å². The van der Waals surface area contributed by atoms with E-state index in [0.717, 1.165) is 14.3 Å². The summed E-state index contributed by atoms with van der Waals surface area (Å²) in [4.78, 5) is 40.8.